The summed E-state index contributed by atoms with van der Waals surface area (Å²) < 4.78 is 0. The van der Waals surface area contributed by atoms with Crippen molar-refractivity contribution in [1.29, 1.82) is 0 Å². The minimum Gasteiger partial charge on any atom is -0.264 e. The molecule has 2 aromatic rings. The second-order valence-electron chi connectivity index (χ2n) is 6.36. The van der Waals surface area contributed by atoms with E-state index in [-0.39, 0.29) is 0 Å². The zero-order valence-corrected chi connectivity index (χ0v) is 12.9. The lowest BCUT2D eigenvalue weighted by Crippen LogP contribution is -2.10. The minimum absolute atomic E-state index is 0.991. The summed E-state index contributed by atoms with van der Waals surface area (Å²) in [5.41, 5.74) is 11.0. The van der Waals surface area contributed by atoms with Gasteiger partial charge in [0.15, 0.2) is 0 Å². The van der Waals surface area contributed by atoms with Gasteiger partial charge in [-0.1, -0.05) is 54.6 Å². The highest BCUT2D eigenvalue weighted by atomic mass is 14.7. The van der Waals surface area contributed by atoms with Crippen molar-refractivity contribution < 1.29 is 0 Å². The third-order valence-electron chi connectivity index (χ3n) is 5.08. The van der Waals surface area contributed by atoms with E-state index in [1.54, 1.807) is 0 Å². The molecular formula is C22H17N. The highest BCUT2D eigenvalue weighted by Gasteiger charge is 2.27. The van der Waals surface area contributed by atoms with Crippen LogP contribution in [0.3, 0.4) is 0 Å². The number of hydrogen-bond donors (Lipinski definition) is 0. The number of hydrogen-bond acceptors (Lipinski definition) is 1. The normalized spacial score (nSPS) is 18.1. The largest absolute Gasteiger partial charge is 0.264 e. The van der Waals surface area contributed by atoms with E-state index >= 15 is 0 Å². The standard InChI is InChI=1S/C22H17N/c1-3-7-19-15(5-1)9-11-17-13-23-14-18-12-10-16-6-2-4-8-20(16)22(18)21(17)19/h1-8,11,13-14H,9-10,12H2. The summed E-state index contributed by atoms with van der Waals surface area (Å²) in [6.07, 6.45) is 9.59. The average molecular weight is 295 g/mol. The first kappa shape index (κ1) is 12.8. The Labute approximate surface area is 136 Å². The Bertz CT molecular complexity index is 938. The number of aryl methyl sites for hydroxylation is 1. The van der Waals surface area contributed by atoms with Crippen LogP contribution in [-0.2, 0) is 12.8 Å². The molecule has 0 bridgehead atoms. The van der Waals surface area contributed by atoms with Crippen molar-refractivity contribution in [2.75, 3.05) is 0 Å². The van der Waals surface area contributed by atoms with Crippen molar-refractivity contribution in [3.05, 3.63) is 94.2 Å². The molecule has 1 aliphatic heterocycles. The molecule has 0 N–H and O–H groups in total. The van der Waals surface area contributed by atoms with Crippen molar-refractivity contribution in [3.8, 4) is 0 Å². The summed E-state index contributed by atoms with van der Waals surface area (Å²) in [4.78, 5) is 4.59. The van der Waals surface area contributed by atoms with Gasteiger partial charge in [0.1, 0.15) is 0 Å². The molecule has 1 nitrogen and oxygen atoms in total. The molecule has 0 radical (unpaired) electrons. The van der Waals surface area contributed by atoms with Crippen molar-refractivity contribution >= 4 is 17.4 Å². The van der Waals surface area contributed by atoms with Gasteiger partial charge in [-0.3, -0.25) is 4.99 Å². The van der Waals surface area contributed by atoms with Crippen LogP contribution in [0, 0.1) is 0 Å². The summed E-state index contributed by atoms with van der Waals surface area (Å²) in [6.45, 7) is 0. The van der Waals surface area contributed by atoms with Crippen molar-refractivity contribution in [3.63, 3.8) is 0 Å². The number of aliphatic imine (C=N–C) groups is 1. The molecule has 0 aromatic heterocycles. The van der Waals surface area contributed by atoms with Crippen LogP contribution in [0.2, 0.25) is 0 Å². The Balaban J connectivity index is 1.90. The molecule has 3 aliphatic rings. The topological polar surface area (TPSA) is 12.4 Å². The van der Waals surface area contributed by atoms with E-state index in [9.17, 15) is 0 Å². The predicted octanol–water partition coefficient (Wildman–Crippen LogP) is 4.99. The van der Waals surface area contributed by atoms with E-state index in [1.807, 2.05) is 6.21 Å². The predicted molar refractivity (Wildman–Crippen MR) is 96.4 cm³/mol. The first-order valence-electron chi connectivity index (χ1n) is 8.26. The second-order valence-corrected chi connectivity index (χ2v) is 6.36. The van der Waals surface area contributed by atoms with Crippen LogP contribution in [0.5, 0.6) is 0 Å². The zero-order chi connectivity index (χ0) is 15.2. The zero-order valence-electron chi connectivity index (χ0n) is 12.9. The Morgan fingerprint density at radius 2 is 1.48 bits per heavy atom. The van der Waals surface area contributed by atoms with Crippen molar-refractivity contribution in [1.82, 2.24) is 0 Å². The maximum Gasteiger partial charge on any atom is 0.0343 e. The Hall–Kier alpha value is -2.67. The quantitative estimate of drug-likeness (QED) is 0.649. The molecule has 0 amide bonds. The smallest absolute Gasteiger partial charge is 0.0343 e. The highest BCUT2D eigenvalue weighted by Crippen LogP contribution is 2.45. The van der Waals surface area contributed by atoms with Gasteiger partial charge in [0.05, 0.1) is 0 Å². The molecule has 0 saturated carbocycles. The van der Waals surface area contributed by atoms with E-state index in [2.05, 4.69) is 65.8 Å². The molecular weight excluding hydrogens is 278 g/mol. The first-order chi connectivity index (χ1) is 11.4. The van der Waals surface area contributed by atoms with Gasteiger partial charge in [-0.2, -0.15) is 0 Å². The van der Waals surface area contributed by atoms with Crippen molar-refractivity contribution in [2.24, 2.45) is 4.99 Å². The third kappa shape index (κ3) is 1.90. The van der Waals surface area contributed by atoms with E-state index < -0.39 is 0 Å². The lowest BCUT2D eigenvalue weighted by atomic mass is 9.76. The molecule has 0 saturated heterocycles. The molecule has 0 fully saturated rings. The summed E-state index contributed by atoms with van der Waals surface area (Å²) in [7, 11) is 0. The monoisotopic (exact) mass is 295 g/mol. The molecule has 5 rings (SSSR count). The fraction of sp³-hybridized carbons (Fsp3) is 0.136. The first-order valence-corrected chi connectivity index (χ1v) is 8.26. The van der Waals surface area contributed by atoms with Gasteiger partial charge in [0, 0.05) is 12.4 Å². The molecule has 0 unspecified atom stereocenters. The van der Waals surface area contributed by atoms with Gasteiger partial charge in [-0.05, 0) is 63.8 Å². The third-order valence-corrected chi connectivity index (χ3v) is 5.08. The van der Waals surface area contributed by atoms with Crippen molar-refractivity contribution in [2.45, 2.75) is 19.3 Å². The number of benzene rings is 2. The molecule has 23 heavy (non-hydrogen) atoms. The van der Waals surface area contributed by atoms with E-state index in [4.69, 9.17) is 0 Å². The SMILES string of the molecule is C1=NC=C2CCc3ccccc3C2=C2C1=CCc1ccccc12. The number of nitrogens with zero attached hydrogens (tertiary/aromatic N) is 1. The number of rotatable bonds is 0. The lowest BCUT2D eigenvalue weighted by molar-refractivity contribution is 0.936. The highest BCUT2D eigenvalue weighted by molar-refractivity contribution is 6.15. The van der Waals surface area contributed by atoms with Gasteiger partial charge in [0.25, 0.3) is 0 Å². The van der Waals surface area contributed by atoms with Crippen LogP contribution in [0.15, 0.2) is 76.9 Å². The Morgan fingerprint density at radius 1 is 0.739 bits per heavy atom. The van der Waals surface area contributed by atoms with Crippen LogP contribution < -0.4 is 0 Å². The van der Waals surface area contributed by atoms with Gasteiger partial charge < -0.3 is 0 Å². The van der Waals surface area contributed by atoms with Crippen LogP contribution in [0.4, 0.5) is 0 Å². The Morgan fingerprint density at radius 3 is 2.35 bits per heavy atom. The lowest BCUT2D eigenvalue weighted by Gasteiger charge is -2.27. The Kier molecular flexibility index (Phi) is 2.75. The summed E-state index contributed by atoms with van der Waals surface area (Å²) in [6, 6.07) is 17.6. The van der Waals surface area contributed by atoms with E-state index in [0.717, 1.165) is 19.3 Å². The molecule has 0 spiro atoms. The van der Waals surface area contributed by atoms with Crippen LogP contribution in [0.25, 0.3) is 11.1 Å². The number of fused-ring (bicyclic) bond motifs is 6. The van der Waals surface area contributed by atoms with Crippen LogP contribution in [-0.4, -0.2) is 6.21 Å². The summed E-state index contributed by atoms with van der Waals surface area (Å²) in [5, 5.41) is 0. The molecule has 2 aliphatic carbocycles. The molecule has 2 aromatic carbocycles. The molecule has 1 heterocycles. The maximum absolute atomic E-state index is 4.59. The summed E-state index contributed by atoms with van der Waals surface area (Å²) in [5.74, 6) is 0. The van der Waals surface area contributed by atoms with Gasteiger partial charge in [-0.25, -0.2) is 0 Å². The molecule has 0 atom stereocenters. The van der Waals surface area contributed by atoms with Gasteiger partial charge >= 0.3 is 0 Å². The van der Waals surface area contributed by atoms with E-state index in [1.165, 1.54) is 44.5 Å². The average Bonchev–Trinajstić information content (AvgIpc) is 2.81. The van der Waals surface area contributed by atoms with E-state index in [0.29, 0.717) is 0 Å². The number of allylic oxidation sites excluding steroid dienone is 5. The maximum atomic E-state index is 4.59. The van der Waals surface area contributed by atoms with Gasteiger partial charge in [0.2, 0.25) is 0 Å². The minimum atomic E-state index is 0.991. The second kappa shape index (κ2) is 4.92. The fourth-order valence-electron chi connectivity index (χ4n) is 4.00. The molecule has 1 heteroatoms. The van der Waals surface area contributed by atoms with Crippen LogP contribution in [0.1, 0.15) is 28.7 Å². The van der Waals surface area contributed by atoms with Crippen LogP contribution >= 0.6 is 0 Å². The fourth-order valence-corrected chi connectivity index (χ4v) is 4.00. The van der Waals surface area contributed by atoms with Gasteiger partial charge in [-0.15, -0.1) is 0 Å². The molecule has 110 valence electrons. The summed E-state index contributed by atoms with van der Waals surface area (Å²) >= 11 is 0.